The monoisotopic (exact) mass is 374 g/mol. The van der Waals surface area contributed by atoms with E-state index in [1.807, 2.05) is 19.1 Å². The summed E-state index contributed by atoms with van der Waals surface area (Å²) in [6, 6.07) is 4.95. The van der Waals surface area contributed by atoms with Crippen LogP contribution in [0.2, 0.25) is 0 Å². The van der Waals surface area contributed by atoms with Gasteiger partial charge >= 0.3 is 12.1 Å². The maximum Gasteiger partial charge on any atom is 0.319 e. The summed E-state index contributed by atoms with van der Waals surface area (Å²) >= 11 is 0. The van der Waals surface area contributed by atoms with Gasteiger partial charge in [0.05, 0.1) is 0 Å². The largest absolute Gasteiger partial charge is 0.341 e. The van der Waals surface area contributed by atoms with Gasteiger partial charge in [-0.15, -0.1) is 0 Å². The Bertz CT molecular complexity index is 701. The fraction of sp³-hybridized carbons (Fsp3) is 0.619. The van der Waals surface area contributed by atoms with Crippen LogP contribution in [0.25, 0.3) is 0 Å². The summed E-state index contributed by atoms with van der Waals surface area (Å²) in [6.07, 6.45) is 3.47. The van der Waals surface area contributed by atoms with Crippen molar-refractivity contribution in [2.45, 2.75) is 53.9 Å². The molecule has 1 aromatic rings. The number of benzene rings is 1. The average Bonchev–Trinajstić information content (AvgIpc) is 2.54. The van der Waals surface area contributed by atoms with Crippen LogP contribution in [0.5, 0.6) is 0 Å². The third-order valence-corrected chi connectivity index (χ3v) is 5.29. The maximum absolute atomic E-state index is 12.4. The molecule has 0 saturated heterocycles. The van der Waals surface area contributed by atoms with Crippen LogP contribution in [0.1, 0.15) is 52.5 Å². The molecule has 2 atom stereocenters. The highest BCUT2D eigenvalue weighted by molar-refractivity contribution is 5.93. The number of amides is 4. The molecule has 0 spiro atoms. The van der Waals surface area contributed by atoms with E-state index >= 15 is 0 Å². The molecule has 2 rings (SSSR count). The first-order chi connectivity index (χ1) is 12.5. The van der Waals surface area contributed by atoms with Gasteiger partial charge in [-0.25, -0.2) is 9.59 Å². The van der Waals surface area contributed by atoms with Gasteiger partial charge in [-0.1, -0.05) is 33.8 Å². The Morgan fingerprint density at radius 3 is 2.44 bits per heavy atom. The molecule has 1 fully saturated rings. The molecule has 1 aromatic carbocycles. The molecule has 0 aromatic heterocycles. The Labute approximate surface area is 162 Å². The van der Waals surface area contributed by atoms with E-state index in [-0.39, 0.29) is 17.5 Å². The lowest BCUT2D eigenvalue weighted by Gasteiger charge is -2.46. The zero-order valence-corrected chi connectivity index (χ0v) is 17.5. The second kappa shape index (κ2) is 8.19. The van der Waals surface area contributed by atoms with Crippen molar-refractivity contribution in [3.63, 3.8) is 0 Å². The minimum atomic E-state index is -0.290. The molecule has 1 saturated carbocycles. The molecule has 0 heterocycles. The molecule has 6 heteroatoms. The van der Waals surface area contributed by atoms with Crippen molar-refractivity contribution >= 4 is 23.4 Å². The van der Waals surface area contributed by atoms with E-state index in [0.717, 1.165) is 18.4 Å². The number of rotatable bonds is 4. The van der Waals surface area contributed by atoms with E-state index in [2.05, 4.69) is 49.0 Å². The Hall–Kier alpha value is -2.24. The lowest BCUT2D eigenvalue weighted by Crippen LogP contribution is -2.44. The van der Waals surface area contributed by atoms with Crippen LogP contribution in [0.3, 0.4) is 0 Å². The van der Waals surface area contributed by atoms with Gasteiger partial charge in [-0.2, -0.15) is 0 Å². The minimum Gasteiger partial charge on any atom is -0.341 e. The first kappa shape index (κ1) is 21.1. The molecule has 1 aliphatic rings. The molecule has 4 amide bonds. The predicted octanol–water partition coefficient (Wildman–Crippen LogP) is 4.72. The third-order valence-electron chi connectivity index (χ3n) is 5.29. The van der Waals surface area contributed by atoms with E-state index in [1.54, 1.807) is 13.1 Å². The SMILES string of the molecule is CNC(=O)Nc1cc(NC(=O)NCC2(C)CC(C)CC(C)(C)C2)ccc1C. The fourth-order valence-corrected chi connectivity index (χ4v) is 4.78. The number of aryl methyl sites for hydroxylation is 1. The van der Waals surface area contributed by atoms with Crippen LogP contribution in [-0.4, -0.2) is 25.7 Å². The summed E-state index contributed by atoms with van der Waals surface area (Å²) in [5, 5.41) is 11.2. The highest BCUT2D eigenvalue weighted by Gasteiger charge is 2.39. The van der Waals surface area contributed by atoms with Crippen molar-refractivity contribution in [1.29, 1.82) is 0 Å². The van der Waals surface area contributed by atoms with E-state index in [4.69, 9.17) is 0 Å². The topological polar surface area (TPSA) is 82.3 Å². The van der Waals surface area contributed by atoms with Crippen molar-refractivity contribution in [2.24, 2.45) is 16.7 Å². The summed E-state index contributed by atoms with van der Waals surface area (Å²) < 4.78 is 0. The van der Waals surface area contributed by atoms with Crippen LogP contribution < -0.4 is 21.3 Å². The summed E-state index contributed by atoms with van der Waals surface area (Å²) in [7, 11) is 1.56. The van der Waals surface area contributed by atoms with Crippen LogP contribution >= 0.6 is 0 Å². The number of hydrogen-bond acceptors (Lipinski definition) is 2. The van der Waals surface area contributed by atoms with Crippen molar-refractivity contribution in [3.8, 4) is 0 Å². The van der Waals surface area contributed by atoms with Crippen LogP contribution in [0, 0.1) is 23.7 Å². The number of urea groups is 2. The fourth-order valence-electron chi connectivity index (χ4n) is 4.78. The second-order valence-electron chi connectivity index (χ2n) is 9.21. The van der Waals surface area contributed by atoms with Gasteiger partial charge in [0, 0.05) is 25.0 Å². The molecule has 6 nitrogen and oxygen atoms in total. The van der Waals surface area contributed by atoms with Gasteiger partial charge in [-0.3, -0.25) is 0 Å². The summed E-state index contributed by atoms with van der Waals surface area (Å²) in [5.74, 6) is 0.666. The standard InChI is InChI=1S/C21H34N4O2/c1-14-10-20(3,4)12-21(5,11-14)13-23-19(27)24-16-8-7-15(2)17(9-16)25-18(26)22-6/h7-9,14H,10-13H2,1-6H3,(H2,22,25,26)(H2,23,24,27). The zero-order chi connectivity index (χ0) is 20.2. The quantitative estimate of drug-likeness (QED) is 0.615. The number of nitrogens with one attached hydrogen (secondary N) is 4. The highest BCUT2D eigenvalue weighted by Crippen LogP contribution is 2.48. The number of carbonyl (C=O) groups excluding carboxylic acids is 2. The lowest BCUT2D eigenvalue weighted by atomic mass is 9.61. The van der Waals surface area contributed by atoms with Gasteiger partial charge in [0.2, 0.25) is 0 Å². The van der Waals surface area contributed by atoms with E-state index in [9.17, 15) is 9.59 Å². The summed E-state index contributed by atoms with van der Waals surface area (Å²) in [4.78, 5) is 23.9. The molecular weight excluding hydrogens is 340 g/mol. The lowest BCUT2D eigenvalue weighted by molar-refractivity contribution is 0.0629. The molecule has 0 bridgehead atoms. The Morgan fingerprint density at radius 2 is 1.81 bits per heavy atom. The summed E-state index contributed by atoms with van der Waals surface area (Å²) in [5.41, 5.74) is 2.66. The third kappa shape index (κ3) is 6.15. The molecule has 4 N–H and O–H groups in total. The number of anilines is 2. The van der Waals surface area contributed by atoms with Gasteiger partial charge in [0.15, 0.2) is 0 Å². The van der Waals surface area contributed by atoms with Crippen molar-refractivity contribution < 1.29 is 9.59 Å². The number of hydrogen-bond donors (Lipinski definition) is 4. The predicted molar refractivity (Wildman–Crippen MR) is 111 cm³/mol. The number of carbonyl (C=O) groups is 2. The molecule has 1 aliphatic carbocycles. The van der Waals surface area contributed by atoms with Crippen molar-refractivity contribution in [2.75, 3.05) is 24.2 Å². The van der Waals surface area contributed by atoms with E-state index in [0.29, 0.717) is 29.3 Å². The Balaban J connectivity index is 1.96. The van der Waals surface area contributed by atoms with E-state index < -0.39 is 0 Å². The zero-order valence-electron chi connectivity index (χ0n) is 17.5. The van der Waals surface area contributed by atoms with Crippen LogP contribution in [0.15, 0.2) is 18.2 Å². The maximum atomic E-state index is 12.4. The van der Waals surface area contributed by atoms with Crippen LogP contribution in [-0.2, 0) is 0 Å². The minimum absolute atomic E-state index is 0.109. The average molecular weight is 375 g/mol. The molecule has 0 aliphatic heterocycles. The molecule has 0 radical (unpaired) electrons. The Morgan fingerprint density at radius 1 is 1.11 bits per heavy atom. The normalized spacial score (nSPS) is 24.0. The van der Waals surface area contributed by atoms with Gasteiger partial charge in [0.25, 0.3) is 0 Å². The van der Waals surface area contributed by atoms with Crippen molar-refractivity contribution in [3.05, 3.63) is 23.8 Å². The van der Waals surface area contributed by atoms with Gasteiger partial charge in [-0.05, 0) is 60.6 Å². The van der Waals surface area contributed by atoms with Crippen molar-refractivity contribution in [1.82, 2.24) is 10.6 Å². The van der Waals surface area contributed by atoms with Gasteiger partial charge < -0.3 is 21.3 Å². The van der Waals surface area contributed by atoms with Crippen LogP contribution in [0.4, 0.5) is 21.0 Å². The highest BCUT2D eigenvalue weighted by atomic mass is 16.2. The summed E-state index contributed by atoms with van der Waals surface area (Å²) in [6.45, 7) is 11.8. The second-order valence-corrected chi connectivity index (χ2v) is 9.21. The molecular formula is C21H34N4O2. The smallest absolute Gasteiger partial charge is 0.319 e. The first-order valence-corrected chi connectivity index (χ1v) is 9.66. The van der Waals surface area contributed by atoms with Gasteiger partial charge in [0.1, 0.15) is 0 Å². The molecule has 27 heavy (non-hydrogen) atoms. The first-order valence-electron chi connectivity index (χ1n) is 9.66. The van der Waals surface area contributed by atoms with E-state index in [1.165, 1.54) is 6.42 Å². The Kier molecular flexibility index (Phi) is 6.39. The molecule has 2 unspecified atom stereocenters. The molecule has 150 valence electrons.